The largest absolute Gasteiger partial charge is 0.0999 e. The SMILES string of the molecule is C=C(C)C1CCC1C. The van der Waals surface area contributed by atoms with Gasteiger partial charge in [-0.15, -0.1) is 0 Å². The van der Waals surface area contributed by atoms with Gasteiger partial charge in [0.2, 0.25) is 0 Å². The van der Waals surface area contributed by atoms with E-state index in [0.29, 0.717) is 0 Å². The zero-order valence-electron chi connectivity index (χ0n) is 5.78. The Morgan fingerprint density at radius 3 is 2.12 bits per heavy atom. The molecule has 0 aromatic heterocycles. The first-order valence-electron chi connectivity index (χ1n) is 3.37. The van der Waals surface area contributed by atoms with Crippen LogP contribution in [0.4, 0.5) is 0 Å². The van der Waals surface area contributed by atoms with Crippen molar-refractivity contribution < 1.29 is 0 Å². The summed E-state index contributed by atoms with van der Waals surface area (Å²) in [5, 5.41) is 0. The quantitative estimate of drug-likeness (QED) is 0.455. The third-order valence-corrected chi connectivity index (χ3v) is 2.25. The van der Waals surface area contributed by atoms with Gasteiger partial charge in [0.15, 0.2) is 0 Å². The predicted octanol–water partition coefficient (Wildman–Crippen LogP) is 2.61. The lowest BCUT2D eigenvalue weighted by Gasteiger charge is -2.34. The summed E-state index contributed by atoms with van der Waals surface area (Å²) in [7, 11) is 0. The van der Waals surface area contributed by atoms with Crippen molar-refractivity contribution in [3.8, 4) is 0 Å². The van der Waals surface area contributed by atoms with Gasteiger partial charge in [-0.1, -0.05) is 19.1 Å². The van der Waals surface area contributed by atoms with E-state index < -0.39 is 0 Å². The zero-order valence-corrected chi connectivity index (χ0v) is 5.78. The maximum absolute atomic E-state index is 3.93. The van der Waals surface area contributed by atoms with E-state index in [1.54, 1.807) is 0 Å². The first-order chi connectivity index (χ1) is 3.72. The molecule has 0 heterocycles. The molecule has 1 rings (SSSR count). The molecule has 1 saturated carbocycles. The first-order valence-corrected chi connectivity index (χ1v) is 3.37. The van der Waals surface area contributed by atoms with Gasteiger partial charge in [-0.3, -0.25) is 0 Å². The Balaban J connectivity index is 2.37. The lowest BCUT2D eigenvalue weighted by Crippen LogP contribution is -2.23. The van der Waals surface area contributed by atoms with Crippen LogP contribution in [0.15, 0.2) is 12.2 Å². The molecule has 1 fully saturated rings. The van der Waals surface area contributed by atoms with Crippen molar-refractivity contribution in [3.05, 3.63) is 12.2 Å². The van der Waals surface area contributed by atoms with Crippen LogP contribution in [-0.2, 0) is 0 Å². The highest BCUT2D eigenvalue weighted by Gasteiger charge is 2.26. The van der Waals surface area contributed by atoms with Crippen molar-refractivity contribution in [1.29, 1.82) is 0 Å². The normalized spacial score (nSPS) is 36.2. The average molecular weight is 110 g/mol. The molecule has 0 nitrogen and oxygen atoms in total. The fourth-order valence-corrected chi connectivity index (χ4v) is 1.40. The van der Waals surface area contributed by atoms with E-state index in [9.17, 15) is 0 Å². The van der Waals surface area contributed by atoms with E-state index in [1.165, 1.54) is 18.4 Å². The Bertz CT molecular complexity index is 103. The molecule has 0 saturated heterocycles. The molecular formula is C8H14. The smallest absolute Gasteiger partial charge is 0.0183 e. The van der Waals surface area contributed by atoms with Gasteiger partial charge < -0.3 is 0 Å². The number of hydrogen-bond acceptors (Lipinski definition) is 0. The Labute approximate surface area is 51.6 Å². The standard InChI is InChI=1S/C8H14/c1-6(2)8-5-4-7(8)3/h7-8H,1,4-5H2,2-3H3. The Morgan fingerprint density at radius 1 is 1.50 bits per heavy atom. The Hall–Kier alpha value is -0.260. The maximum Gasteiger partial charge on any atom is -0.0183 e. The second-order valence-corrected chi connectivity index (χ2v) is 3.01. The monoisotopic (exact) mass is 110 g/mol. The molecule has 0 bridgehead atoms. The summed E-state index contributed by atoms with van der Waals surface area (Å²) >= 11 is 0. The van der Waals surface area contributed by atoms with Crippen molar-refractivity contribution in [2.45, 2.75) is 26.7 Å². The summed E-state index contributed by atoms with van der Waals surface area (Å²) in [6.45, 7) is 8.38. The molecule has 8 heavy (non-hydrogen) atoms. The highest BCUT2D eigenvalue weighted by atomic mass is 14.3. The van der Waals surface area contributed by atoms with Crippen LogP contribution < -0.4 is 0 Å². The van der Waals surface area contributed by atoms with Gasteiger partial charge in [0, 0.05) is 0 Å². The molecule has 0 radical (unpaired) electrons. The molecule has 2 atom stereocenters. The fourth-order valence-electron chi connectivity index (χ4n) is 1.40. The van der Waals surface area contributed by atoms with Crippen LogP contribution in [0, 0.1) is 11.8 Å². The van der Waals surface area contributed by atoms with Gasteiger partial charge in [-0.2, -0.15) is 0 Å². The van der Waals surface area contributed by atoms with Crippen LogP contribution >= 0.6 is 0 Å². The number of hydrogen-bond donors (Lipinski definition) is 0. The van der Waals surface area contributed by atoms with Gasteiger partial charge in [0.05, 0.1) is 0 Å². The molecule has 1 aliphatic carbocycles. The second-order valence-electron chi connectivity index (χ2n) is 3.01. The van der Waals surface area contributed by atoms with Crippen molar-refractivity contribution in [2.75, 3.05) is 0 Å². The molecule has 0 aromatic carbocycles. The summed E-state index contributed by atoms with van der Waals surface area (Å²) in [4.78, 5) is 0. The van der Waals surface area contributed by atoms with Crippen LogP contribution in [0.5, 0.6) is 0 Å². The summed E-state index contributed by atoms with van der Waals surface area (Å²) in [5.41, 5.74) is 1.38. The minimum atomic E-state index is 0.856. The topological polar surface area (TPSA) is 0 Å². The summed E-state index contributed by atoms with van der Waals surface area (Å²) < 4.78 is 0. The minimum absolute atomic E-state index is 0.856. The van der Waals surface area contributed by atoms with Crippen LogP contribution in [0.25, 0.3) is 0 Å². The van der Waals surface area contributed by atoms with Crippen LogP contribution in [0.1, 0.15) is 26.7 Å². The van der Waals surface area contributed by atoms with Gasteiger partial charge >= 0.3 is 0 Å². The number of allylic oxidation sites excluding steroid dienone is 1. The number of rotatable bonds is 1. The van der Waals surface area contributed by atoms with Crippen molar-refractivity contribution in [1.82, 2.24) is 0 Å². The highest BCUT2D eigenvalue weighted by molar-refractivity contribution is 5.02. The molecule has 1 aliphatic rings. The van der Waals surface area contributed by atoms with Gasteiger partial charge in [-0.05, 0) is 31.6 Å². The molecule has 0 amide bonds. The molecule has 0 spiro atoms. The average Bonchev–Trinajstić information content (AvgIpc) is 1.61. The molecule has 0 aliphatic heterocycles. The van der Waals surface area contributed by atoms with E-state index in [-0.39, 0.29) is 0 Å². The first kappa shape index (κ1) is 5.87. The van der Waals surface area contributed by atoms with E-state index in [4.69, 9.17) is 0 Å². The van der Waals surface area contributed by atoms with Crippen molar-refractivity contribution >= 4 is 0 Å². The van der Waals surface area contributed by atoms with Gasteiger partial charge in [0.25, 0.3) is 0 Å². The third kappa shape index (κ3) is 0.795. The predicted molar refractivity (Wildman–Crippen MR) is 36.7 cm³/mol. The van der Waals surface area contributed by atoms with Crippen molar-refractivity contribution in [3.63, 3.8) is 0 Å². The van der Waals surface area contributed by atoms with Crippen LogP contribution in [0.3, 0.4) is 0 Å². The third-order valence-electron chi connectivity index (χ3n) is 2.25. The zero-order chi connectivity index (χ0) is 6.15. The molecule has 0 aromatic rings. The van der Waals surface area contributed by atoms with E-state index in [1.807, 2.05) is 0 Å². The molecule has 2 unspecified atom stereocenters. The summed E-state index contributed by atoms with van der Waals surface area (Å²) in [6, 6.07) is 0. The summed E-state index contributed by atoms with van der Waals surface area (Å²) in [6.07, 6.45) is 2.80. The molecular weight excluding hydrogens is 96.1 g/mol. The minimum Gasteiger partial charge on any atom is -0.0999 e. The van der Waals surface area contributed by atoms with Gasteiger partial charge in [0.1, 0.15) is 0 Å². The Kier molecular flexibility index (Phi) is 1.41. The van der Waals surface area contributed by atoms with E-state index >= 15 is 0 Å². The fraction of sp³-hybridized carbons (Fsp3) is 0.750. The van der Waals surface area contributed by atoms with Crippen molar-refractivity contribution in [2.24, 2.45) is 11.8 Å². The lowest BCUT2D eigenvalue weighted by molar-refractivity contribution is 0.238. The second kappa shape index (κ2) is 1.93. The van der Waals surface area contributed by atoms with Crippen LogP contribution in [0.2, 0.25) is 0 Å². The van der Waals surface area contributed by atoms with E-state index in [0.717, 1.165) is 11.8 Å². The lowest BCUT2D eigenvalue weighted by atomic mass is 9.72. The maximum atomic E-state index is 3.93. The molecule has 0 heteroatoms. The molecule has 0 N–H and O–H groups in total. The van der Waals surface area contributed by atoms with Crippen LogP contribution in [-0.4, -0.2) is 0 Å². The van der Waals surface area contributed by atoms with E-state index in [2.05, 4.69) is 20.4 Å². The highest BCUT2D eigenvalue weighted by Crippen LogP contribution is 2.37. The molecule has 46 valence electrons. The Morgan fingerprint density at radius 2 is 2.12 bits per heavy atom. The van der Waals surface area contributed by atoms with Gasteiger partial charge in [-0.25, -0.2) is 0 Å². The summed E-state index contributed by atoms with van der Waals surface area (Å²) in [5.74, 6) is 1.78.